The molecule has 152 valence electrons. The summed E-state index contributed by atoms with van der Waals surface area (Å²) in [6.45, 7) is 3.37. The minimum Gasteiger partial charge on any atom is -0.345 e. The van der Waals surface area contributed by atoms with Crippen LogP contribution < -0.4 is 16.0 Å². The highest BCUT2D eigenvalue weighted by Gasteiger charge is 2.32. The number of imidazole rings is 1. The number of halogens is 2. The summed E-state index contributed by atoms with van der Waals surface area (Å²) < 4.78 is 29.8. The van der Waals surface area contributed by atoms with E-state index in [1.807, 2.05) is 25.2 Å². The molecule has 0 bridgehead atoms. The number of nitrogens with zero attached hydrogens (tertiary/aromatic N) is 1. The summed E-state index contributed by atoms with van der Waals surface area (Å²) in [6, 6.07) is 0. The van der Waals surface area contributed by atoms with Crippen molar-refractivity contribution in [2.75, 3.05) is 13.1 Å². The Hall–Kier alpha value is -1.75. The van der Waals surface area contributed by atoms with Crippen molar-refractivity contribution >= 4 is 11.6 Å². The van der Waals surface area contributed by atoms with Gasteiger partial charge in [0, 0.05) is 18.4 Å². The number of aromatic nitrogens is 2. The minimum atomic E-state index is -1.56. The van der Waals surface area contributed by atoms with Gasteiger partial charge in [-0.1, -0.05) is 50.3 Å². The lowest BCUT2D eigenvalue weighted by molar-refractivity contribution is 0.247. The van der Waals surface area contributed by atoms with Crippen LogP contribution in [-0.2, 0) is 0 Å². The molecule has 0 aliphatic heterocycles. The maximum atomic E-state index is 14.9. The van der Waals surface area contributed by atoms with E-state index < -0.39 is 17.9 Å². The highest BCUT2D eigenvalue weighted by atomic mass is 19.2. The number of H-pyrrole nitrogens is 1. The van der Waals surface area contributed by atoms with Gasteiger partial charge in [-0.25, -0.2) is 13.8 Å². The van der Waals surface area contributed by atoms with E-state index in [-0.39, 0.29) is 5.92 Å². The Morgan fingerprint density at radius 2 is 2.07 bits per heavy atom. The lowest BCUT2D eigenvalue weighted by Crippen LogP contribution is -2.35. The first kappa shape index (κ1) is 19.6. The number of aromatic amines is 1. The second kappa shape index (κ2) is 8.73. The molecule has 28 heavy (non-hydrogen) atoms. The first-order valence-corrected chi connectivity index (χ1v) is 10.8. The zero-order valence-corrected chi connectivity index (χ0v) is 16.7. The quantitative estimate of drug-likeness (QED) is 0.731. The van der Waals surface area contributed by atoms with E-state index in [0.29, 0.717) is 18.5 Å². The van der Waals surface area contributed by atoms with E-state index in [2.05, 4.69) is 15.3 Å². The Morgan fingerprint density at radius 3 is 2.89 bits per heavy atom. The fourth-order valence-corrected chi connectivity index (χ4v) is 4.97. The molecule has 0 saturated heterocycles. The average molecular weight is 388 g/mol. The molecular formula is C23H31F2N3. The van der Waals surface area contributed by atoms with Crippen molar-refractivity contribution in [2.24, 2.45) is 17.8 Å². The van der Waals surface area contributed by atoms with Crippen molar-refractivity contribution in [1.82, 2.24) is 15.3 Å². The van der Waals surface area contributed by atoms with Crippen LogP contribution in [0.1, 0.15) is 51.9 Å². The molecule has 5 heteroatoms. The second-order valence-corrected chi connectivity index (χ2v) is 8.56. The summed E-state index contributed by atoms with van der Waals surface area (Å²) in [7, 11) is 0. The number of alkyl halides is 1. The van der Waals surface area contributed by atoms with E-state index in [9.17, 15) is 8.78 Å². The maximum Gasteiger partial charge on any atom is 0.159 e. The third-order valence-corrected chi connectivity index (χ3v) is 6.76. The van der Waals surface area contributed by atoms with Gasteiger partial charge in [0.1, 0.15) is 5.83 Å². The standard InChI is InChI=1S/C23H31F2N3/c1-15-18(9-10-20-23(15)28-14-27-20)19-8-7-17(21(24)22(19)25)13-26-12-11-16-5-3-2-4-6-16/h7-8,10,14,16-18,21,26H,2-6,9,11-13H2,1H3,(H,27,28). The maximum absolute atomic E-state index is 14.9. The van der Waals surface area contributed by atoms with Crippen molar-refractivity contribution in [3.8, 4) is 0 Å². The Bertz CT molecular complexity index is 861. The number of nitrogens with one attached hydrogen (secondary N) is 2. The summed E-state index contributed by atoms with van der Waals surface area (Å²) in [5, 5.41) is 5.21. The van der Waals surface area contributed by atoms with Crippen molar-refractivity contribution in [1.29, 1.82) is 0 Å². The largest absolute Gasteiger partial charge is 0.345 e. The summed E-state index contributed by atoms with van der Waals surface area (Å²) >= 11 is 0. The van der Waals surface area contributed by atoms with Crippen LogP contribution in [0.4, 0.5) is 8.78 Å². The normalized spacial score (nSPS) is 28.4. The summed E-state index contributed by atoms with van der Waals surface area (Å²) in [5.74, 6) is -0.336. The van der Waals surface area contributed by atoms with Gasteiger partial charge in [-0.3, -0.25) is 0 Å². The lowest BCUT2D eigenvalue weighted by atomic mass is 9.81. The molecule has 3 aliphatic rings. The molecule has 4 rings (SSSR count). The molecule has 2 N–H and O–H groups in total. The fourth-order valence-electron chi connectivity index (χ4n) is 4.97. The zero-order valence-electron chi connectivity index (χ0n) is 16.7. The molecule has 0 spiro atoms. The Balaban J connectivity index is 1.35. The lowest BCUT2D eigenvalue weighted by Gasteiger charge is -2.28. The number of allylic oxidation sites excluding steroid dienone is 3. The van der Waals surface area contributed by atoms with E-state index >= 15 is 0 Å². The van der Waals surface area contributed by atoms with Crippen molar-refractivity contribution in [3.05, 3.63) is 40.6 Å². The van der Waals surface area contributed by atoms with Gasteiger partial charge in [-0.05, 0) is 43.4 Å². The van der Waals surface area contributed by atoms with Crippen molar-refractivity contribution < 1.29 is 8.78 Å². The monoisotopic (exact) mass is 387 g/mol. The predicted octanol–water partition coefficient (Wildman–Crippen LogP) is 3.69. The highest BCUT2D eigenvalue weighted by molar-refractivity contribution is 5.57. The number of rotatable bonds is 6. The average Bonchev–Trinajstić information content (AvgIpc) is 3.20. The Kier molecular flexibility index (Phi) is 6.10. The number of hydrogen-bond acceptors (Lipinski definition) is 2. The molecular weight excluding hydrogens is 356 g/mol. The Morgan fingerprint density at radius 1 is 1.25 bits per heavy atom. The van der Waals surface area contributed by atoms with Crippen molar-refractivity contribution in [3.63, 3.8) is 0 Å². The molecule has 1 aromatic rings. The Labute approximate surface area is 165 Å². The predicted molar refractivity (Wildman–Crippen MR) is 109 cm³/mol. The number of hydrogen-bond donors (Lipinski definition) is 2. The van der Waals surface area contributed by atoms with Gasteiger partial charge in [0.2, 0.25) is 0 Å². The van der Waals surface area contributed by atoms with Gasteiger partial charge in [0.25, 0.3) is 0 Å². The summed E-state index contributed by atoms with van der Waals surface area (Å²) in [5.41, 5.74) is 1.51. The summed E-state index contributed by atoms with van der Waals surface area (Å²) in [4.78, 5) is 7.39. The van der Waals surface area contributed by atoms with E-state index in [4.69, 9.17) is 0 Å². The van der Waals surface area contributed by atoms with Crippen LogP contribution in [0.5, 0.6) is 0 Å². The highest BCUT2D eigenvalue weighted by Crippen LogP contribution is 2.36. The first-order chi connectivity index (χ1) is 13.6. The van der Waals surface area contributed by atoms with E-state index in [1.54, 1.807) is 6.33 Å². The fraction of sp³-hybridized carbons (Fsp3) is 0.609. The van der Waals surface area contributed by atoms with Gasteiger partial charge < -0.3 is 10.3 Å². The molecule has 3 atom stereocenters. The van der Waals surface area contributed by atoms with Crippen LogP contribution in [0.15, 0.2) is 29.9 Å². The minimum absolute atomic E-state index is 0.123. The van der Waals surface area contributed by atoms with Gasteiger partial charge in [-0.2, -0.15) is 0 Å². The smallest absolute Gasteiger partial charge is 0.159 e. The third-order valence-electron chi connectivity index (χ3n) is 6.76. The molecule has 1 aromatic heterocycles. The molecule has 1 saturated carbocycles. The van der Waals surface area contributed by atoms with Crippen LogP contribution in [0.2, 0.25) is 0 Å². The summed E-state index contributed by atoms with van der Waals surface area (Å²) in [6.07, 6.45) is 14.3. The first-order valence-electron chi connectivity index (χ1n) is 10.8. The van der Waals surface area contributed by atoms with Gasteiger partial charge in [0.05, 0.1) is 17.0 Å². The number of fused-ring (bicyclic) bond motifs is 1. The second-order valence-electron chi connectivity index (χ2n) is 8.56. The van der Waals surface area contributed by atoms with Crippen LogP contribution >= 0.6 is 0 Å². The van der Waals surface area contributed by atoms with E-state index in [0.717, 1.165) is 35.2 Å². The van der Waals surface area contributed by atoms with Crippen LogP contribution in [-0.4, -0.2) is 29.2 Å². The van der Waals surface area contributed by atoms with Gasteiger partial charge >= 0.3 is 0 Å². The SMILES string of the molecule is CC1=c2[nH]cnc2=CCC1C1=C(F)C(F)C(CNCCC2CCCCC2)C=C1. The molecule has 1 fully saturated rings. The van der Waals surface area contributed by atoms with Gasteiger partial charge in [-0.15, -0.1) is 0 Å². The van der Waals surface area contributed by atoms with E-state index in [1.165, 1.54) is 32.1 Å². The van der Waals surface area contributed by atoms with Crippen LogP contribution in [0.25, 0.3) is 11.6 Å². The van der Waals surface area contributed by atoms with Crippen LogP contribution in [0, 0.1) is 17.8 Å². The molecule has 3 unspecified atom stereocenters. The molecule has 0 radical (unpaired) electrons. The van der Waals surface area contributed by atoms with Gasteiger partial charge in [0.15, 0.2) is 6.17 Å². The molecule has 1 heterocycles. The third kappa shape index (κ3) is 4.00. The molecule has 3 nitrogen and oxygen atoms in total. The topological polar surface area (TPSA) is 40.7 Å². The molecule has 0 aromatic carbocycles. The zero-order chi connectivity index (χ0) is 19.5. The van der Waals surface area contributed by atoms with Crippen molar-refractivity contribution in [2.45, 2.75) is 58.0 Å². The molecule has 3 aliphatic carbocycles. The molecule has 0 amide bonds. The van der Waals surface area contributed by atoms with Crippen LogP contribution in [0.3, 0.4) is 0 Å².